The van der Waals surface area contributed by atoms with Gasteiger partial charge in [-0.2, -0.15) is 5.26 Å². The predicted molar refractivity (Wildman–Crippen MR) is 179 cm³/mol. The van der Waals surface area contributed by atoms with Crippen molar-refractivity contribution in [3.63, 3.8) is 0 Å². The van der Waals surface area contributed by atoms with Gasteiger partial charge >= 0.3 is 6.09 Å². The lowest BCUT2D eigenvalue weighted by Crippen LogP contribution is -2.66. The molecule has 6 aliphatic rings. The molecule has 47 heavy (non-hydrogen) atoms. The molecule has 0 aromatic heterocycles. The second-order valence-corrected chi connectivity index (χ2v) is 19.2. The van der Waals surface area contributed by atoms with Crippen molar-refractivity contribution in [3.8, 4) is 6.07 Å². The average molecular weight is 648 g/mol. The van der Waals surface area contributed by atoms with E-state index in [1.807, 2.05) is 26.8 Å². The molecule has 0 aromatic rings. The summed E-state index contributed by atoms with van der Waals surface area (Å²) in [5, 5.41) is 24.4. The maximum absolute atomic E-state index is 14.9. The van der Waals surface area contributed by atoms with Crippen LogP contribution in [-0.4, -0.2) is 51.6 Å². The fraction of sp³-hybridized carbons (Fsp3) is 0.795. The maximum atomic E-state index is 14.9. The predicted octanol–water partition coefficient (Wildman–Crippen LogP) is 8.30. The highest BCUT2D eigenvalue weighted by Crippen LogP contribution is 2.75. The number of amides is 2. The molecule has 2 amide bonds. The van der Waals surface area contributed by atoms with Gasteiger partial charge in [-0.05, 0) is 117 Å². The van der Waals surface area contributed by atoms with Gasteiger partial charge < -0.3 is 9.84 Å². The van der Waals surface area contributed by atoms with Crippen LogP contribution in [0.1, 0.15) is 127 Å². The monoisotopic (exact) mass is 647 g/mol. The van der Waals surface area contributed by atoms with Crippen molar-refractivity contribution in [2.45, 2.75) is 133 Å². The quantitative estimate of drug-likeness (QED) is 0.323. The van der Waals surface area contributed by atoms with Gasteiger partial charge in [0.15, 0.2) is 5.78 Å². The number of hydrogen-bond donors (Lipinski definition) is 1. The van der Waals surface area contributed by atoms with Gasteiger partial charge in [-0.1, -0.05) is 54.0 Å². The number of carbonyl (C=O) groups excluding carboxylic acids is 3. The molecule has 1 saturated heterocycles. The molecule has 258 valence electrons. The molecule has 7 atom stereocenters. The van der Waals surface area contributed by atoms with Gasteiger partial charge in [0.2, 0.25) is 5.91 Å². The topological polar surface area (TPSA) is 111 Å². The van der Waals surface area contributed by atoms with E-state index in [0.717, 1.165) is 44.9 Å². The summed E-state index contributed by atoms with van der Waals surface area (Å²) in [5.41, 5.74) is -0.800. The van der Waals surface area contributed by atoms with Crippen molar-refractivity contribution in [2.75, 3.05) is 13.1 Å². The molecule has 4 fully saturated rings. The van der Waals surface area contributed by atoms with E-state index in [9.17, 15) is 24.8 Å². The van der Waals surface area contributed by atoms with Crippen LogP contribution in [0, 0.1) is 61.6 Å². The third kappa shape index (κ3) is 4.83. The minimum Gasteiger partial charge on any atom is -0.511 e. The van der Waals surface area contributed by atoms with Crippen LogP contribution < -0.4 is 0 Å². The SMILES string of the molecule is CC1(C)CC[C@]2(CN3C(=O)CCN3C(=O)OC(C)(C)C)CC[C@]3(C)[C@H](C(=O)C=C4[C@@]5(C)CC(C#N)=C(O)C(C)(C)[C@@H]5CC[C@]43C)[C@@H]2C1. The third-order valence-corrected chi connectivity index (χ3v) is 14.5. The molecule has 1 heterocycles. The number of allylic oxidation sites excluding steroid dienone is 4. The summed E-state index contributed by atoms with van der Waals surface area (Å²) in [7, 11) is 0. The Morgan fingerprint density at radius 3 is 2.34 bits per heavy atom. The summed E-state index contributed by atoms with van der Waals surface area (Å²) in [5.74, 6) is 0.321. The van der Waals surface area contributed by atoms with Crippen molar-refractivity contribution in [1.82, 2.24) is 10.0 Å². The Labute approximate surface area is 281 Å². The highest BCUT2D eigenvalue weighted by Gasteiger charge is 2.70. The van der Waals surface area contributed by atoms with E-state index in [1.165, 1.54) is 10.6 Å². The number of ether oxygens (including phenoxy) is 1. The first-order valence-electron chi connectivity index (χ1n) is 18.0. The molecule has 6 rings (SSSR count). The fourth-order valence-electron chi connectivity index (χ4n) is 11.9. The molecule has 0 aromatic carbocycles. The van der Waals surface area contributed by atoms with Crippen molar-refractivity contribution >= 4 is 17.8 Å². The van der Waals surface area contributed by atoms with Crippen molar-refractivity contribution < 1.29 is 24.2 Å². The van der Waals surface area contributed by atoms with Crippen LogP contribution in [0.5, 0.6) is 0 Å². The van der Waals surface area contributed by atoms with E-state index in [4.69, 9.17) is 4.74 Å². The molecular weight excluding hydrogens is 590 g/mol. The Morgan fingerprint density at radius 2 is 1.70 bits per heavy atom. The van der Waals surface area contributed by atoms with E-state index >= 15 is 0 Å². The molecule has 1 aliphatic heterocycles. The van der Waals surface area contributed by atoms with E-state index in [0.29, 0.717) is 25.1 Å². The Balaban J connectivity index is 1.42. The summed E-state index contributed by atoms with van der Waals surface area (Å²) in [4.78, 5) is 41.6. The largest absolute Gasteiger partial charge is 0.511 e. The van der Waals surface area contributed by atoms with Crippen molar-refractivity contribution in [1.29, 1.82) is 5.26 Å². The van der Waals surface area contributed by atoms with Crippen LogP contribution in [-0.2, 0) is 14.3 Å². The number of aliphatic hydroxyl groups excluding tert-OH is 1. The number of hydrazine groups is 1. The molecule has 0 spiro atoms. The normalized spacial score (nSPS) is 40.9. The van der Waals surface area contributed by atoms with Gasteiger partial charge in [0, 0.05) is 24.3 Å². The Morgan fingerprint density at radius 1 is 1.04 bits per heavy atom. The molecule has 0 radical (unpaired) electrons. The highest BCUT2D eigenvalue weighted by atomic mass is 16.6. The zero-order valence-electron chi connectivity index (χ0n) is 30.5. The van der Waals surface area contributed by atoms with E-state index < -0.39 is 22.5 Å². The minimum absolute atomic E-state index is 0.0537. The molecule has 1 N–H and O–H groups in total. The van der Waals surface area contributed by atoms with Gasteiger partial charge in [-0.25, -0.2) is 14.8 Å². The fourth-order valence-corrected chi connectivity index (χ4v) is 11.9. The van der Waals surface area contributed by atoms with E-state index in [-0.39, 0.29) is 63.3 Å². The number of carbonyl (C=O) groups is 3. The van der Waals surface area contributed by atoms with Crippen LogP contribution in [0.2, 0.25) is 0 Å². The first kappa shape index (κ1) is 34.1. The van der Waals surface area contributed by atoms with Crippen LogP contribution in [0.4, 0.5) is 4.79 Å². The molecule has 3 saturated carbocycles. The number of ketones is 1. The number of rotatable bonds is 2. The number of nitrogens with zero attached hydrogens (tertiary/aromatic N) is 3. The van der Waals surface area contributed by atoms with Gasteiger partial charge in [0.25, 0.3) is 0 Å². The summed E-state index contributed by atoms with van der Waals surface area (Å²) >= 11 is 0. The Bertz CT molecular complexity index is 1510. The Hall–Kier alpha value is -2.82. The van der Waals surface area contributed by atoms with Gasteiger partial charge in [0.05, 0.1) is 18.2 Å². The van der Waals surface area contributed by atoms with Crippen LogP contribution in [0.25, 0.3) is 0 Å². The first-order valence-corrected chi connectivity index (χ1v) is 18.0. The standard InChI is InChI=1S/C39H57N3O5/c1-33(2,3)47-32(46)41-18-12-29(44)42(41)23-39-16-14-34(4,5)21-25(39)30-26(43)19-28-36(8)20-24(22-40)31(45)35(6,7)27(36)11-13-37(28,9)38(30,10)15-17-39/h19,25,27,30,45H,11-18,20-21,23H2,1-10H3/t25-,27-,30-,36-,37+,38+,39+/m0/s1. The van der Waals surface area contributed by atoms with Gasteiger partial charge in [-0.3, -0.25) is 9.59 Å². The molecule has 8 nitrogen and oxygen atoms in total. The lowest BCUT2D eigenvalue weighted by Gasteiger charge is -2.70. The third-order valence-electron chi connectivity index (χ3n) is 14.5. The zero-order chi connectivity index (χ0) is 34.8. The average Bonchev–Trinajstić information content (AvgIpc) is 3.31. The number of hydrogen-bond acceptors (Lipinski definition) is 6. The van der Waals surface area contributed by atoms with E-state index in [1.54, 1.807) is 5.01 Å². The van der Waals surface area contributed by atoms with E-state index in [2.05, 4.69) is 54.5 Å². The van der Waals surface area contributed by atoms with Crippen LogP contribution in [0.3, 0.4) is 0 Å². The van der Waals surface area contributed by atoms with Crippen LogP contribution >= 0.6 is 0 Å². The van der Waals surface area contributed by atoms with Gasteiger partial charge in [0.1, 0.15) is 11.4 Å². The molecule has 5 aliphatic carbocycles. The van der Waals surface area contributed by atoms with Crippen molar-refractivity contribution in [2.24, 2.45) is 50.2 Å². The number of nitriles is 1. The summed E-state index contributed by atoms with van der Waals surface area (Å²) in [6.45, 7) is 22.0. The second-order valence-electron chi connectivity index (χ2n) is 19.2. The maximum Gasteiger partial charge on any atom is 0.429 e. The second kappa shape index (κ2) is 10.3. The zero-order valence-corrected chi connectivity index (χ0v) is 30.5. The molecule has 0 bridgehead atoms. The number of aliphatic hydroxyl groups is 1. The highest BCUT2D eigenvalue weighted by molar-refractivity contribution is 5.95. The minimum atomic E-state index is -0.670. The smallest absolute Gasteiger partial charge is 0.429 e. The van der Waals surface area contributed by atoms with Crippen LogP contribution in [0.15, 0.2) is 23.0 Å². The lowest BCUT2D eigenvalue weighted by atomic mass is 9.34. The molecule has 8 heteroatoms. The van der Waals surface area contributed by atoms with Gasteiger partial charge in [-0.15, -0.1) is 0 Å². The summed E-state index contributed by atoms with van der Waals surface area (Å²) in [6.07, 6.45) is 8.65. The summed E-state index contributed by atoms with van der Waals surface area (Å²) < 4.78 is 5.73. The number of fused-ring (bicyclic) bond motifs is 7. The molecule has 0 unspecified atom stereocenters. The summed E-state index contributed by atoms with van der Waals surface area (Å²) in [6, 6.07) is 2.31. The lowest BCUT2D eigenvalue weighted by molar-refractivity contribution is -0.183. The first-order chi connectivity index (χ1) is 21.6. The van der Waals surface area contributed by atoms with Crippen molar-refractivity contribution in [3.05, 3.63) is 23.0 Å². The Kier molecular flexibility index (Phi) is 7.50. The molecular formula is C39H57N3O5.